The zero-order chi connectivity index (χ0) is 18.8. The molecule has 0 fully saturated rings. The van der Waals surface area contributed by atoms with E-state index in [4.69, 9.17) is 5.73 Å². The van der Waals surface area contributed by atoms with Crippen molar-refractivity contribution in [3.63, 3.8) is 0 Å². The number of anilines is 1. The summed E-state index contributed by atoms with van der Waals surface area (Å²) in [6.07, 6.45) is -0.0606. The van der Waals surface area contributed by atoms with E-state index >= 15 is 0 Å². The minimum Gasteiger partial charge on any atom is -0.399 e. The highest BCUT2D eigenvalue weighted by molar-refractivity contribution is 7.18. The summed E-state index contributed by atoms with van der Waals surface area (Å²) in [6.45, 7) is 5.62. The highest BCUT2D eigenvalue weighted by Gasteiger charge is 2.13. The van der Waals surface area contributed by atoms with Crippen LogP contribution in [0.2, 0.25) is 0 Å². The largest absolute Gasteiger partial charge is 0.399 e. The van der Waals surface area contributed by atoms with E-state index in [1.165, 1.54) is 11.3 Å². The lowest BCUT2D eigenvalue weighted by Crippen LogP contribution is -2.24. The minimum atomic E-state index is -0.360. The molecule has 0 bridgehead atoms. The predicted octanol–water partition coefficient (Wildman–Crippen LogP) is 2.27. The van der Waals surface area contributed by atoms with E-state index in [-0.39, 0.29) is 17.9 Å². The molecule has 0 unspecified atom stereocenters. The molecule has 1 aromatic carbocycles. The van der Waals surface area contributed by atoms with Crippen molar-refractivity contribution in [3.05, 3.63) is 56.4 Å². The molecule has 3 rings (SSSR count). The second-order valence-electron chi connectivity index (χ2n) is 6.01. The molecule has 0 saturated heterocycles. The molecule has 0 aliphatic heterocycles. The molecular formula is C18H19N5O2S. The Morgan fingerprint density at radius 3 is 2.88 bits per heavy atom. The van der Waals surface area contributed by atoms with Gasteiger partial charge in [-0.3, -0.25) is 9.59 Å². The van der Waals surface area contributed by atoms with Crippen LogP contribution >= 0.6 is 11.3 Å². The molecule has 0 saturated carbocycles. The number of rotatable bonds is 4. The van der Waals surface area contributed by atoms with Crippen LogP contribution in [0.25, 0.3) is 10.2 Å². The van der Waals surface area contributed by atoms with E-state index < -0.39 is 0 Å². The van der Waals surface area contributed by atoms with Gasteiger partial charge < -0.3 is 10.7 Å². The maximum absolute atomic E-state index is 12.2. The lowest BCUT2D eigenvalue weighted by Gasteiger charge is -2.04. The minimum absolute atomic E-state index is 0.0606. The molecule has 1 amide bonds. The number of aryl methyl sites for hydroxylation is 2. The molecule has 0 aliphatic carbocycles. The van der Waals surface area contributed by atoms with Crippen molar-refractivity contribution in [2.24, 2.45) is 5.10 Å². The molecule has 8 heteroatoms. The fraction of sp³-hybridized carbons (Fsp3) is 0.222. The second kappa shape index (κ2) is 7.09. The third-order valence-corrected chi connectivity index (χ3v) is 5.17. The Balaban J connectivity index is 1.75. The van der Waals surface area contributed by atoms with Gasteiger partial charge in [0, 0.05) is 10.6 Å². The summed E-state index contributed by atoms with van der Waals surface area (Å²) >= 11 is 1.45. The van der Waals surface area contributed by atoms with Gasteiger partial charge in [-0.2, -0.15) is 5.10 Å². The quantitative estimate of drug-likeness (QED) is 0.372. The summed E-state index contributed by atoms with van der Waals surface area (Å²) in [5.74, 6) is -0.0428. The van der Waals surface area contributed by atoms with Crippen LogP contribution in [0, 0.1) is 13.8 Å². The number of H-pyrrole nitrogens is 1. The highest BCUT2D eigenvalue weighted by atomic mass is 32.1. The summed E-state index contributed by atoms with van der Waals surface area (Å²) in [5.41, 5.74) is 11.0. The topological polar surface area (TPSA) is 113 Å². The van der Waals surface area contributed by atoms with Gasteiger partial charge in [0.1, 0.15) is 10.7 Å². The van der Waals surface area contributed by atoms with Crippen molar-refractivity contribution in [1.82, 2.24) is 15.4 Å². The smallest absolute Gasteiger partial charge is 0.259 e. The van der Waals surface area contributed by atoms with Crippen LogP contribution in [0.15, 0.2) is 34.2 Å². The molecule has 3 aromatic rings. The van der Waals surface area contributed by atoms with Gasteiger partial charge >= 0.3 is 0 Å². The van der Waals surface area contributed by atoms with E-state index in [0.717, 1.165) is 16.0 Å². The molecule has 0 atom stereocenters. The summed E-state index contributed by atoms with van der Waals surface area (Å²) in [6, 6.07) is 7.23. The molecule has 2 heterocycles. The maximum Gasteiger partial charge on any atom is 0.259 e. The van der Waals surface area contributed by atoms with Crippen molar-refractivity contribution in [3.8, 4) is 0 Å². The lowest BCUT2D eigenvalue weighted by molar-refractivity contribution is -0.120. The monoisotopic (exact) mass is 369 g/mol. The molecule has 26 heavy (non-hydrogen) atoms. The van der Waals surface area contributed by atoms with Crippen LogP contribution in [0.5, 0.6) is 0 Å². The van der Waals surface area contributed by atoms with E-state index in [9.17, 15) is 9.59 Å². The Kier molecular flexibility index (Phi) is 4.85. The Morgan fingerprint density at radius 1 is 1.38 bits per heavy atom. The number of carbonyl (C=O) groups excluding carboxylic acids is 1. The van der Waals surface area contributed by atoms with Gasteiger partial charge in [-0.15, -0.1) is 11.3 Å². The van der Waals surface area contributed by atoms with Crippen molar-refractivity contribution in [1.29, 1.82) is 0 Å². The number of hydrogen-bond donors (Lipinski definition) is 3. The van der Waals surface area contributed by atoms with Gasteiger partial charge in [0.15, 0.2) is 0 Å². The molecule has 134 valence electrons. The number of aromatic nitrogens is 2. The molecule has 0 radical (unpaired) electrons. The Morgan fingerprint density at radius 2 is 2.15 bits per heavy atom. The number of fused-ring (bicyclic) bond motifs is 1. The zero-order valence-electron chi connectivity index (χ0n) is 14.7. The van der Waals surface area contributed by atoms with E-state index in [2.05, 4.69) is 20.5 Å². The van der Waals surface area contributed by atoms with E-state index in [1.54, 1.807) is 19.1 Å². The van der Waals surface area contributed by atoms with E-state index in [1.807, 2.05) is 26.0 Å². The molecule has 2 aromatic heterocycles. The van der Waals surface area contributed by atoms with Crippen LogP contribution in [0.4, 0.5) is 5.69 Å². The molecule has 0 aliphatic rings. The van der Waals surface area contributed by atoms with Crippen molar-refractivity contribution >= 4 is 38.9 Å². The van der Waals surface area contributed by atoms with Gasteiger partial charge in [0.25, 0.3) is 5.56 Å². The Bertz CT molecular complexity index is 1080. The molecule has 0 spiro atoms. The van der Waals surface area contributed by atoms with E-state index in [0.29, 0.717) is 27.4 Å². The van der Waals surface area contributed by atoms with Gasteiger partial charge in [-0.05, 0) is 44.0 Å². The lowest BCUT2D eigenvalue weighted by atomic mass is 10.1. The van der Waals surface area contributed by atoms with Crippen LogP contribution in [-0.2, 0) is 11.2 Å². The normalized spacial score (nSPS) is 11.7. The van der Waals surface area contributed by atoms with Crippen molar-refractivity contribution < 1.29 is 4.79 Å². The number of nitrogen functional groups attached to an aromatic ring is 1. The average Bonchev–Trinajstić information content (AvgIpc) is 2.87. The van der Waals surface area contributed by atoms with Crippen LogP contribution in [0.1, 0.15) is 28.8 Å². The maximum atomic E-state index is 12.2. The summed E-state index contributed by atoms with van der Waals surface area (Å²) in [7, 11) is 0. The van der Waals surface area contributed by atoms with Gasteiger partial charge in [-0.1, -0.05) is 12.1 Å². The average molecular weight is 369 g/mol. The molecule has 4 N–H and O–H groups in total. The number of nitrogens with two attached hydrogens (primary N) is 1. The number of thiophene rings is 1. The third-order valence-electron chi connectivity index (χ3n) is 4.07. The van der Waals surface area contributed by atoms with Crippen molar-refractivity contribution in [2.45, 2.75) is 27.2 Å². The number of aromatic amines is 1. The van der Waals surface area contributed by atoms with Crippen LogP contribution < -0.4 is 16.7 Å². The number of nitrogens with one attached hydrogen (secondary N) is 2. The standard InChI is InChI=1S/C18H19N5O2S/c1-9-11(3)26-18-16(9)17(25)20-14(21-18)8-15(24)23-22-10(2)12-5-4-6-13(19)7-12/h4-7H,8,19H2,1-3H3,(H,23,24)(H,20,21,25)/b22-10+. The molecular weight excluding hydrogens is 350 g/mol. The summed E-state index contributed by atoms with van der Waals surface area (Å²) < 4.78 is 0. The molecule has 7 nitrogen and oxygen atoms in total. The van der Waals surface area contributed by atoms with Gasteiger partial charge in [-0.25, -0.2) is 10.4 Å². The number of nitrogens with zero attached hydrogens (tertiary/aromatic N) is 2. The first-order valence-electron chi connectivity index (χ1n) is 8.03. The summed E-state index contributed by atoms with van der Waals surface area (Å²) in [4.78, 5) is 33.1. The zero-order valence-corrected chi connectivity index (χ0v) is 15.5. The highest BCUT2D eigenvalue weighted by Crippen LogP contribution is 2.25. The predicted molar refractivity (Wildman–Crippen MR) is 105 cm³/mol. The third kappa shape index (κ3) is 3.65. The Labute approximate surface area is 154 Å². The fourth-order valence-corrected chi connectivity index (χ4v) is 3.60. The first-order chi connectivity index (χ1) is 12.3. The summed E-state index contributed by atoms with van der Waals surface area (Å²) in [5, 5.41) is 4.67. The number of benzene rings is 1. The van der Waals surface area contributed by atoms with Crippen LogP contribution in [0.3, 0.4) is 0 Å². The van der Waals surface area contributed by atoms with Crippen molar-refractivity contribution in [2.75, 3.05) is 5.73 Å². The number of amides is 1. The number of hydrazone groups is 1. The number of carbonyl (C=O) groups is 1. The first-order valence-corrected chi connectivity index (χ1v) is 8.84. The van der Waals surface area contributed by atoms with Crippen LogP contribution in [-0.4, -0.2) is 21.6 Å². The Hall–Kier alpha value is -3.00. The first kappa shape index (κ1) is 17.8. The number of hydrogen-bond acceptors (Lipinski definition) is 6. The second-order valence-corrected chi connectivity index (χ2v) is 7.21. The SMILES string of the molecule is C/C(=N\NC(=O)Cc1nc2sc(C)c(C)c2c(=O)[nH]1)c1cccc(N)c1. The fourth-order valence-electron chi connectivity index (χ4n) is 2.55. The van der Waals surface area contributed by atoms with Gasteiger partial charge in [0.05, 0.1) is 17.5 Å². The van der Waals surface area contributed by atoms with Gasteiger partial charge in [0.2, 0.25) is 5.91 Å².